The first-order chi connectivity index (χ1) is 15.4. The molecule has 10 heteroatoms. The van der Waals surface area contributed by atoms with Gasteiger partial charge in [-0.3, -0.25) is 9.78 Å². The number of imidazole rings is 1. The summed E-state index contributed by atoms with van der Waals surface area (Å²) in [6.07, 6.45) is 6.62. The molecule has 5 heterocycles. The quantitative estimate of drug-likeness (QED) is 0.507. The first-order valence-corrected chi connectivity index (χ1v) is 10.6. The monoisotopic (exact) mass is 431 g/mol. The summed E-state index contributed by atoms with van der Waals surface area (Å²) in [6, 6.07) is 2.45. The zero-order valence-electron chi connectivity index (χ0n) is 18.5. The fourth-order valence-corrected chi connectivity index (χ4v) is 4.33. The molecule has 164 valence electrons. The van der Waals surface area contributed by atoms with Gasteiger partial charge in [-0.1, -0.05) is 0 Å². The van der Waals surface area contributed by atoms with Gasteiger partial charge in [-0.05, 0) is 39.3 Å². The summed E-state index contributed by atoms with van der Waals surface area (Å²) < 4.78 is 1.67. The number of rotatable bonds is 3. The van der Waals surface area contributed by atoms with Crippen LogP contribution in [0.3, 0.4) is 0 Å². The van der Waals surface area contributed by atoms with Gasteiger partial charge in [-0.15, -0.1) is 5.10 Å². The maximum Gasteiger partial charge on any atom is 0.260 e. The molecule has 0 spiro atoms. The van der Waals surface area contributed by atoms with Crippen LogP contribution in [0, 0.1) is 13.8 Å². The number of nitrogens with zero attached hydrogens (tertiary/aromatic N) is 7. The zero-order chi connectivity index (χ0) is 22.4. The number of carbonyl (C=O) groups is 1. The highest BCUT2D eigenvalue weighted by Crippen LogP contribution is 2.26. The highest BCUT2D eigenvalue weighted by atomic mass is 16.1. The van der Waals surface area contributed by atoms with Crippen molar-refractivity contribution >= 4 is 34.2 Å². The minimum absolute atomic E-state index is 0.325. The maximum absolute atomic E-state index is 13.2. The molecule has 0 bridgehead atoms. The first kappa shape index (κ1) is 20.3. The van der Waals surface area contributed by atoms with E-state index >= 15 is 0 Å². The molecule has 32 heavy (non-hydrogen) atoms. The molecule has 0 aromatic carbocycles. The van der Waals surface area contributed by atoms with Crippen molar-refractivity contribution in [2.45, 2.75) is 39.8 Å². The lowest BCUT2D eigenvalue weighted by atomic mass is 10.1. The fraction of sp³-hybridized carbons (Fsp3) is 0.364. The van der Waals surface area contributed by atoms with Crippen LogP contribution < -0.4 is 15.5 Å². The molecule has 2 N–H and O–H groups in total. The topological polar surface area (TPSA) is 113 Å². The van der Waals surface area contributed by atoms with Gasteiger partial charge in [-0.25, -0.2) is 19.5 Å². The second-order valence-corrected chi connectivity index (χ2v) is 8.44. The van der Waals surface area contributed by atoms with Crippen LogP contribution >= 0.6 is 0 Å². The van der Waals surface area contributed by atoms with E-state index in [-0.39, 0.29) is 5.91 Å². The molecule has 1 saturated heterocycles. The number of aromatic nitrogens is 6. The van der Waals surface area contributed by atoms with Gasteiger partial charge in [0.2, 0.25) is 0 Å². The molecule has 0 unspecified atom stereocenters. The zero-order valence-corrected chi connectivity index (χ0v) is 18.5. The van der Waals surface area contributed by atoms with E-state index in [9.17, 15) is 4.79 Å². The number of hydrogen-bond acceptors (Lipinski definition) is 8. The lowest BCUT2D eigenvalue weighted by Crippen LogP contribution is -2.54. The lowest BCUT2D eigenvalue weighted by molar-refractivity contribution is 0.102. The van der Waals surface area contributed by atoms with Crippen molar-refractivity contribution in [1.82, 2.24) is 34.9 Å². The van der Waals surface area contributed by atoms with E-state index in [4.69, 9.17) is 0 Å². The smallest absolute Gasteiger partial charge is 0.260 e. The van der Waals surface area contributed by atoms with E-state index in [1.165, 1.54) is 0 Å². The molecule has 4 aromatic rings. The van der Waals surface area contributed by atoms with Gasteiger partial charge in [0, 0.05) is 43.8 Å². The van der Waals surface area contributed by atoms with Crippen molar-refractivity contribution in [2.24, 2.45) is 0 Å². The number of amides is 1. The van der Waals surface area contributed by atoms with Crippen LogP contribution in [0.2, 0.25) is 0 Å². The summed E-state index contributed by atoms with van der Waals surface area (Å²) in [4.78, 5) is 33.4. The van der Waals surface area contributed by atoms with Crippen molar-refractivity contribution in [3.63, 3.8) is 0 Å². The number of piperazine rings is 1. The number of fused-ring (bicyclic) bond motifs is 2. The third-order valence-corrected chi connectivity index (χ3v) is 5.55. The summed E-state index contributed by atoms with van der Waals surface area (Å²) in [5.74, 6) is 0.845. The van der Waals surface area contributed by atoms with E-state index < -0.39 is 0 Å². The number of hydrogen-bond donors (Lipinski definition) is 2. The molecule has 0 radical (unpaired) electrons. The maximum atomic E-state index is 13.2. The van der Waals surface area contributed by atoms with Crippen LogP contribution in [-0.2, 0) is 0 Å². The molecule has 1 aliphatic heterocycles. The second-order valence-electron chi connectivity index (χ2n) is 8.44. The molecule has 4 aromatic heterocycles. The van der Waals surface area contributed by atoms with Crippen molar-refractivity contribution in [3.8, 4) is 0 Å². The van der Waals surface area contributed by atoms with E-state index in [0.29, 0.717) is 34.5 Å². The van der Waals surface area contributed by atoms with E-state index in [1.54, 1.807) is 29.2 Å². The normalized spacial score (nSPS) is 18.9. The largest absolute Gasteiger partial charge is 0.352 e. The Morgan fingerprint density at radius 3 is 2.56 bits per heavy atom. The summed E-state index contributed by atoms with van der Waals surface area (Å²) in [5, 5.41) is 10.9. The van der Waals surface area contributed by atoms with Crippen LogP contribution in [0.5, 0.6) is 0 Å². The second kappa shape index (κ2) is 7.79. The fourth-order valence-electron chi connectivity index (χ4n) is 4.33. The highest BCUT2D eigenvalue weighted by Gasteiger charge is 2.25. The van der Waals surface area contributed by atoms with Crippen LogP contribution in [0.15, 0.2) is 30.9 Å². The van der Waals surface area contributed by atoms with Gasteiger partial charge in [0.25, 0.3) is 5.91 Å². The minimum Gasteiger partial charge on any atom is -0.352 e. The van der Waals surface area contributed by atoms with Gasteiger partial charge >= 0.3 is 0 Å². The Bertz CT molecular complexity index is 1320. The molecule has 0 saturated carbocycles. The summed E-state index contributed by atoms with van der Waals surface area (Å²) in [7, 11) is 0. The summed E-state index contributed by atoms with van der Waals surface area (Å²) in [6.45, 7) is 9.75. The van der Waals surface area contributed by atoms with E-state index in [2.05, 4.69) is 54.4 Å². The predicted molar refractivity (Wildman–Crippen MR) is 122 cm³/mol. The molecule has 2 atom stereocenters. The average Bonchev–Trinajstić information content (AvgIpc) is 3.13. The number of nitrogens with one attached hydrogen (secondary N) is 2. The molecular weight excluding hydrogens is 406 g/mol. The van der Waals surface area contributed by atoms with E-state index in [0.717, 1.165) is 35.8 Å². The first-order valence-electron chi connectivity index (χ1n) is 10.6. The Labute approximate surface area is 185 Å². The van der Waals surface area contributed by atoms with Crippen molar-refractivity contribution < 1.29 is 4.79 Å². The van der Waals surface area contributed by atoms with Gasteiger partial charge in [0.15, 0.2) is 17.3 Å². The van der Waals surface area contributed by atoms with Crippen molar-refractivity contribution in [2.75, 3.05) is 23.3 Å². The molecule has 1 aliphatic rings. The summed E-state index contributed by atoms with van der Waals surface area (Å²) in [5.41, 5.74) is 4.04. The molecule has 1 amide bonds. The molecule has 10 nitrogen and oxygen atoms in total. The molecule has 1 fully saturated rings. The number of carbonyl (C=O) groups excluding carboxylic acids is 1. The van der Waals surface area contributed by atoms with Crippen LogP contribution in [0.1, 0.15) is 35.5 Å². The van der Waals surface area contributed by atoms with E-state index in [1.807, 2.05) is 20.0 Å². The average molecular weight is 432 g/mol. The highest BCUT2D eigenvalue weighted by molar-refractivity contribution is 6.12. The van der Waals surface area contributed by atoms with Gasteiger partial charge in [0.1, 0.15) is 11.0 Å². The standard InChI is InChI=1S/C22H25N9O/c1-12-7-17(29-31-11-15(4)27-20(12)31)28-22(32)16-8-25-21(19-18(16)23-5-6-24-19)30-9-13(2)26-14(3)10-30/h5-8,11,13-14,26H,9-10H2,1-4H3,(H,28,29,32)/t13-,14-/m0/s1. The van der Waals surface area contributed by atoms with Crippen LogP contribution in [0.4, 0.5) is 11.6 Å². The van der Waals surface area contributed by atoms with Crippen LogP contribution in [-0.4, -0.2) is 60.6 Å². The third kappa shape index (κ3) is 3.62. The Hall–Kier alpha value is -3.66. The third-order valence-electron chi connectivity index (χ3n) is 5.55. The predicted octanol–water partition coefficient (Wildman–Crippen LogP) is 2.12. The van der Waals surface area contributed by atoms with Gasteiger partial charge < -0.3 is 15.5 Å². The molecule has 0 aliphatic carbocycles. The van der Waals surface area contributed by atoms with Crippen LogP contribution in [0.25, 0.3) is 16.7 Å². The number of anilines is 2. The van der Waals surface area contributed by atoms with Crippen molar-refractivity contribution in [1.29, 1.82) is 0 Å². The summed E-state index contributed by atoms with van der Waals surface area (Å²) >= 11 is 0. The number of pyridine rings is 1. The van der Waals surface area contributed by atoms with Gasteiger partial charge in [-0.2, -0.15) is 0 Å². The SMILES string of the molecule is Cc1cn2nc(NC(=O)c3cnc(N4C[C@H](C)N[C@@H](C)C4)c4nccnc34)cc(C)c2n1. The van der Waals surface area contributed by atoms with Gasteiger partial charge in [0.05, 0.1) is 17.5 Å². The Morgan fingerprint density at radius 2 is 1.81 bits per heavy atom. The molecule has 5 rings (SSSR count). The Kier molecular flexibility index (Phi) is 4.93. The van der Waals surface area contributed by atoms with Crippen molar-refractivity contribution in [3.05, 3.63) is 47.7 Å². The number of aryl methyl sites for hydroxylation is 2. The Balaban J connectivity index is 1.50. The lowest BCUT2D eigenvalue weighted by Gasteiger charge is -2.37. The minimum atomic E-state index is -0.334. The molecular formula is C22H25N9O. The Morgan fingerprint density at radius 1 is 1.09 bits per heavy atom.